The Balaban J connectivity index is 2.64. The molecule has 0 bridgehead atoms. The molecular weight excluding hydrogens is 232 g/mol. The van der Waals surface area contributed by atoms with Gasteiger partial charge < -0.3 is 5.11 Å². The van der Waals surface area contributed by atoms with Gasteiger partial charge in [-0.3, -0.25) is 4.79 Å². The Hall–Kier alpha value is -0.830. The van der Waals surface area contributed by atoms with E-state index in [2.05, 4.69) is 15.9 Å². The third-order valence-corrected chi connectivity index (χ3v) is 2.16. The highest BCUT2D eigenvalue weighted by molar-refractivity contribution is 9.09. The summed E-state index contributed by atoms with van der Waals surface area (Å²) in [5.74, 6) is -0.784. The van der Waals surface area contributed by atoms with Gasteiger partial charge in [0, 0.05) is 5.33 Å². The molecule has 1 aromatic rings. The minimum absolute atomic E-state index is 0.106. The second-order valence-corrected chi connectivity index (χ2v) is 3.62. The number of benzene rings is 1. The van der Waals surface area contributed by atoms with Crippen LogP contribution in [0.2, 0.25) is 0 Å². The molecule has 0 unspecified atom stereocenters. The third-order valence-electron chi connectivity index (χ3n) is 1.76. The summed E-state index contributed by atoms with van der Waals surface area (Å²) in [5.41, 5.74) is 2.08. The average molecular weight is 243 g/mol. The van der Waals surface area contributed by atoms with E-state index in [9.17, 15) is 4.79 Å². The first-order valence-electron chi connectivity index (χ1n) is 4.08. The Bertz CT molecular complexity index is 279. The molecule has 0 aromatic heterocycles. The lowest BCUT2D eigenvalue weighted by Crippen LogP contribution is -1.99. The van der Waals surface area contributed by atoms with Crippen molar-refractivity contribution in [1.29, 1.82) is 0 Å². The number of carboxylic acids is 1. The highest BCUT2D eigenvalue weighted by Crippen LogP contribution is 2.06. The number of carbonyl (C=O) groups is 1. The van der Waals surface area contributed by atoms with E-state index in [0.717, 1.165) is 17.3 Å². The number of halogens is 1. The molecule has 3 heteroatoms. The quantitative estimate of drug-likeness (QED) is 0.823. The topological polar surface area (TPSA) is 37.3 Å². The Morgan fingerprint density at radius 1 is 1.23 bits per heavy atom. The van der Waals surface area contributed by atoms with Crippen molar-refractivity contribution >= 4 is 21.9 Å². The van der Waals surface area contributed by atoms with E-state index < -0.39 is 5.97 Å². The molecule has 1 aromatic carbocycles. The first-order chi connectivity index (χ1) is 6.22. The van der Waals surface area contributed by atoms with E-state index in [1.807, 2.05) is 24.3 Å². The standard InChI is InChI=1S/C10H11BrO2/c11-6-5-8-1-3-9(4-2-8)7-10(12)13/h1-4H,5-7H2,(H,12,13). The molecule has 0 atom stereocenters. The number of carboxylic acid groups (broad SMARTS) is 1. The van der Waals surface area contributed by atoms with E-state index in [4.69, 9.17) is 5.11 Å². The monoisotopic (exact) mass is 242 g/mol. The molecule has 0 spiro atoms. The maximum atomic E-state index is 10.4. The van der Waals surface area contributed by atoms with Gasteiger partial charge in [-0.05, 0) is 17.5 Å². The fraction of sp³-hybridized carbons (Fsp3) is 0.300. The average Bonchev–Trinajstić information content (AvgIpc) is 2.08. The largest absolute Gasteiger partial charge is 0.481 e. The third kappa shape index (κ3) is 3.59. The highest BCUT2D eigenvalue weighted by atomic mass is 79.9. The van der Waals surface area contributed by atoms with Gasteiger partial charge in [-0.1, -0.05) is 40.2 Å². The van der Waals surface area contributed by atoms with Crippen molar-refractivity contribution in [2.45, 2.75) is 12.8 Å². The van der Waals surface area contributed by atoms with Crippen molar-refractivity contribution < 1.29 is 9.90 Å². The SMILES string of the molecule is O=C(O)Cc1ccc(CCBr)cc1. The number of aryl methyl sites for hydroxylation is 1. The summed E-state index contributed by atoms with van der Waals surface area (Å²) in [6.45, 7) is 0. The zero-order valence-corrected chi connectivity index (χ0v) is 8.75. The van der Waals surface area contributed by atoms with Crippen LogP contribution in [0.3, 0.4) is 0 Å². The fourth-order valence-corrected chi connectivity index (χ4v) is 1.57. The van der Waals surface area contributed by atoms with Gasteiger partial charge in [0.15, 0.2) is 0 Å². The van der Waals surface area contributed by atoms with Gasteiger partial charge in [0.25, 0.3) is 0 Å². The molecule has 2 nitrogen and oxygen atoms in total. The van der Waals surface area contributed by atoms with Crippen LogP contribution in [0.4, 0.5) is 0 Å². The number of hydrogen-bond donors (Lipinski definition) is 1. The van der Waals surface area contributed by atoms with Crippen molar-refractivity contribution in [3.05, 3.63) is 35.4 Å². The van der Waals surface area contributed by atoms with Crippen molar-refractivity contribution in [3.8, 4) is 0 Å². The predicted molar refractivity (Wildman–Crippen MR) is 55.3 cm³/mol. The second kappa shape index (κ2) is 5.02. The van der Waals surface area contributed by atoms with Crippen LogP contribution in [0, 0.1) is 0 Å². The molecule has 0 saturated heterocycles. The maximum Gasteiger partial charge on any atom is 0.307 e. The molecule has 0 heterocycles. The number of rotatable bonds is 4. The maximum absolute atomic E-state index is 10.4. The van der Waals surface area contributed by atoms with E-state index in [0.29, 0.717) is 0 Å². The Kier molecular flexibility index (Phi) is 3.96. The van der Waals surface area contributed by atoms with Crippen LogP contribution in [-0.4, -0.2) is 16.4 Å². The lowest BCUT2D eigenvalue weighted by atomic mass is 10.1. The molecule has 0 fully saturated rings. The van der Waals surface area contributed by atoms with Crippen molar-refractivity contribution in [2.24, 2.45) is 0 Å². The minimum atomic E-state index is -0.784. The molecule has 0 radical (unpaired) electrons. The zero-order chi connectivity index (χ0) is 9.68. The smallest absolute Gasteiger partial charge is 0.307 e. The molecule has 1 rings (SSSR count). The molecule has 0 aliphatic rings. The lowest BCUT2D eigenvalue weighted by molar-refractivity contribution is -0.136. The number of alkyl halides is 1. The summed E-state index contributed by atoms with van der Waals surface area (Å²) in [6, 6.07) is 7.68. The van der Waals surface area contributed by atoms with E-state index in [1.54, 1.807) is 0 Å². The summed E-state index contributed by atoms with van der Waals surface area (Å²) >= 11 is 3.35. The molecule has 0 amide bonds. The summed E-state index contributed by atoms with van der Waals surface area (Å²) in [7, 11) is 0. The van der Waals surface area contributed by atoms with Gasteiger partial charge in [-0.25, -0.2) is 0 Å². The van der Waals surface area contributed by atoms with Crippen LogP contribution in [0.5, 0.6) is 0 Å². The molecule has 0 aliphatic carbocycles. The second-order valence-electron chi connectivity index (χ2n) is 2.83. The van der Waals surface area contributed by atoms with Crippen molar-refractivity contribution in [1.82, 2.24) is 0 Å². The summed E-state index contributed by atoms with van der Waals surface area (Å²) in [4.78, 5) is 10.4. The van der Waals surface area contributed by atoms with Crippen molar-refractivity contribution in [2.75, 3.05) is 5.33 Å². The summed E-state index contributed by atoms with van der Waals surface area (Å²) < 4.78 is 0. The molecule has 0 saturated carbocycles. The number of hydrogen-bond acceptors (Lipinski definition) is 1. The van der Waals surface area contributed by atoms with Crippen LogP contribution in [-0.2, 0) is 17.6 Å². The first-order valence-corrected chi connectivity index (χ1v) is 5.20. The Morgan fingerprint density at radius 2 is 1.77 bits per heavy atom. The number of aliphatic carboxylic acids is 1. The van der Waals surface area contributed by atoms with Gasteiger partial charge in [-0.2, -0.15) is 0 Å². The first kappa shape index (κ1) is 10.3. The van der Waals surface area contributed by atoms with Crippen LogP contribution in [0.1, 0.15) is 11.1 Å². The highest BCUT2D eigenvalue weighted by Gasteiger charge is 1.99. The molecule has 1 N–H and O–H groups in total. The zero-order valence-electron chi connectivity index (χ0n) is 7.16. The van der Waals surface area contributed by atoms with Gasteiger partial charge in [0.1, 0.15) is 0 Å². The Morgan fingerprint density at radius 3 is 2.23 bits per heavy atom. The molecule has 0 aliphatic heterocycles. The van der Waals surface area contributed by atoms with Crippen LogP contribution >= 0.6 is 15.9 Å². The van der Waals surface area contributed by atoms with Gasteiger partial charge in [-0.15, -0.1) is 0 Å². The molecular formula is C10H11BrO2. The van der Waals surface area contributed by atoms with E-state index in [1.165, 1.54) is 5.56 Å². The molecule has 13 heavy (non-hydrogen) atoms. The Labute approximate surface area is 85.7 Å². The lowest BCUT2D eigenvalue weighted by Gasteiger charge is -1.99. The summed E-state index contributed by atoms with van der Waals surface area (Å²) in [6.07, 6.45) is 1.09. The van der Waals surface area contributed by atoms with Crippen LogP contribution in [0.25, 0.3) is 0 Å². The fourth-order valence-electron chi connectivity index (χ4n) is 1.11. The van der Waals surface area contributed by atoms with E-state index in [-0.39, 0.29) is 6.42 Å². The minimum Gasteiger partial charge on any atom is -0.481 e. The van der Waals surface area contributed by atoms with Gasteiger partial charge >= 0.3 is 5.97 Å². The summed E-state index contributed by atoms with van der Waals surface area (Å²) in [5, 5.41) is 9.47. The normalized spacial score (nSPS) is 9.92. The van der Waals surface area contributed by atoms with Gasteiger partial charge in [0.05, 0.1) is 6.42 Å². The molecule has 70 valence electrons. The van der Waals surface area contributed by atoms with Crippen LogP contribution in [0.15, 0.2) is 24.3 Å². The predicted octanol–water partition coefficient (Wildman–Crippen LogP) is 2.25. The van der Waals surface area contributed by atoms with Crippen molar-refractivity contribution in [3.63, 3.8) is 0 Å². The van der Waals surface area contributed by atoms with E-state index >= 15 is 0 Å². The van der Waals surface area contributed by atoms with Crippen LogP contribution < -0.4 is 0 Å². The van der Waals surface area contributed by atoms with Gasteiger partial charge in [0.2, 0.25) is 0 Å².